The predicted octanol–water partition coefficient (Wildman–Crippen LogP) is 2.98. The number of hydrogen-bond acceptors (Lipinski definition) is 3. The molecule has 0 aromatic heterocycles. The number of nitrogens with zero attached hydrogens (tertiary/aromatic N) is 1. The molecule has 0 aliphatic carbocycles. The van der Waals surface area contributed by atoms with Crippen molar-refractivity contribution in [2.24, 2.45) is 0 Å². The van der Waals surface area contributed by atoms with E-state index >= 15 is 0 Å². The standard InChI is InChI=1S/C15H26N2S/c1-13(9-10-18-4)17(3)12-15-8-6-5-7-14(15)11-16-2/h5-8,13,16H,9-12H2,1-4H3. The lowest BCUT2D eigenvalue weighted by atomic mass is 10.1. The largest absolute Gasteiger partial charge is 0.316 e. The first-order valence-electron chi connectivity index (χ1n) is 6.59. The Morgan fingerprint density at radius 1 is 1.28 bits per heavy atom. The molecule has 0 bridgehead atoms. The van der Waals surface area contributed by atoms with Crippen molar-refractivity contribution in [3.8, 4) is 0 Å². The Morgan fingerprint density at radius 2 is 1.94 bits per heavy atom. The van der Waals surface area contributed by atoms with Gasteiger partial charge in [0.15, 0.2) is 0 Å². The fraction of sp³-hybridized carbons (Fsp3) is 0.600. The van der Waals surface area contributed by atoms with Crippen LogP contribution in [0.4, 0.5) is 0 Å². The summed E-state index contributed by atoms with van der Waals surface area (Å²) in [5, 5.41) is 3.24. The highest BCUT2D eigenvalue weighted by atomic mass is 32.2. The van der Waals surface area contributed by atoms with Gasteiger partial charge in [-0.05, 0) is 50.6 Å². The van der Waals surface area contributed by atoms with Crippen LogP contribution in [-0.4, -0.2) is 37.0 Å². The minimum Gasteiger partial charge on any atom is -0.316 e. The first kappa shape index (κ1) is 15.5. The van der Waals surface area contributed by atoms with Crippen molar-refractivity contribution in [2.75, 3.05) is 26.1 Å². The molecule has 0 amide bonds. The Labute approximate surface area is 116 Å². The van der Waals surface area contributed by atoms with E-state index in [1.807, 2.05) is 18.8 Å². The highest BCUT2D eigenvalue weighted by Crippen LogP contribution is 2.14. The highest BCUT2D eigenvalue weighted by molar-refractivity contribution is 7.98. The van der Waals surface area contributed by atoms with Crippen LogP contribution in [0, 0.1) is 0 Å². The van der Waals surface area contributed by atoms with Crippen LogP contribution in [0.2, 0.25) is 0 Å². The van der Waals surface area contributed by atoms with E-state index in [0.29, 0.717) is 6.04 Å². The van der Waals surface area contributed by atoms with Gasteiger partial charge in [0, 0.05) is 19.1 Å². The number of benzene rings is 1. The summed E-state index contributed by atoms with van der Waals surface area (Å²) in [7, 11) is 4.22. The van der Waals surface area contributed by atoms with Crippen molar-refractivity contribution in [1.29, 1.82) is 0 Å². The first-order valence-corrected chi connectivity index (χ1v) is 7.99. The van der Waals surface area contributed by atoms with Crippen molar-refractivity contribution in [3.63, 3.8) is 0 Å². The van der Waals surface area contributed by atoms with Gasteiger partial charge in [-0.15, -0.1) is 0 Å². The average Bonchev–Trinajstić information content (AvgIpc) is 2.38. The molecule has 18 heavy (non-hydrogen) atoms. The monoisotopic (exact) mass is 266 g/mol. The lowest BCUT2D eigenvalue weighted by Crippen LogP contribution is -2.29. The SMILES string of the molecule is CNCc1ccccc1CN(C)C(C)CCSC. The summed E-state index contributed by atoms with van der Waals surface area (Å²) in [6.45, 7) is 4.30. The maximum absolute atomic E-state index is 3.24. The van der Waals surface area contributed by atoms with Gasteiger partial charge in [0.2, 0.25) is 0 Å². The molecule has 102 valence electrons. The summed E-state index contributed by atoms with van der Waals surface area (Å²) >= 11 is 1.93. The summed E-state index contributed by atoms with van der Waals surface area (Å²) in [5.41, 5.74) is 2.84. The maximum Gasteiger partial charge on any atom is 0.0236 e. The molecule has 0 saturated heterocycles. The summed E-state index contributed by atoms with van der Waals surface area (Å²) in [5.74, 6) is 1.24. The van der Waals surface area contributed by atoms with Crippen molar-refractivity contribution in [1.82, 2.24) is 10.2 Å². The average molecular weight is 266 g/mol. The van der Waals surface area contributed by atoms with Crippen LogP contribution in [0.1, 0.15) is 24.5 Å². The van der Waals surface area contributed by atoms with Crippen molar-refractivity contribution in [2.45, 2.75) is 32.5 Å². The number of hydrogen-bond donors (Lipinski definition) is 1. The molecule has 0 aliphatic heterocycles. The molecule has 1 unspecified atom stereocenters. The normalized spacial score (nSPS) is 12.9. The predicted molar refractivity (Wildman–Crippen MR) is 83.1 cm³/mol. The molecular formula is C15H26N2S. The molecule has 3 heteroatoms. The second-order valence-corrected chi connectivity index (χ2v) is 5.83. The molecule has 2 nitrogen and oxygen atoms in total. The molecule has 0 radical (unpaired) electrons. The van der Waals surface area contributed by atoms with Gasteiger partial charge < -0.3 is 5.32 Å². The Balaban J connectivity index is 2.60. The molecule has 0 aliphatic rings. The third-order valence-electron chi connectivity index (χ3n) is 3.40. The molecule has 0 fully saturated rings. The Kier molecular flexibility index (Phi) is 7.40. The molecule has 1 atom stereocenters. The van der Waals surface area contributed by atoms with Crippen LogP contribution in [0.15, 0.2) is 24.3 Å². The van der Waals surface area contributed by atoms with E-state index in [9.17, 15) is 0 Å². The zero-order valence-corrected chi connectivity index (χ0v) is 12.9. The number of rotatable bonds is 8. The first-order chi connectivity index (χ1) is 8.69. The Morgan fingerprint density at radius 3 is 2.56 bits per heavy atom. The van der Waals surface area contributed by atoms with Crippen molar-refractivity contribution >= 4 is 11.8 Å². The zero-order chi connectivity index (χ0) is 13.4. The molecule has 0 saturated carbocycles. The smallest absolute Gasteiger partial charge is 0.0236 e. The van der Waals surface area contributed by atoms with Crippen molar-refractivity contribution < 1.29 is 0 Å². The van der Waals surface area contributed by atoms with Gasteiger partial charge in [0.25, 0.3) is 0 Å². The van der Waals surface area contributed by atoms with Gasteiger partial charge in [0.1, 0.15) is 0 Å². The molecule has 1 aromatic rings. The van der Waals surface area contributed by atoms with Gasteiger partial charge in [-0.1, -0.05) is 24.3 Å². The molecular weight excluding hydrogens is 240 g/mol. The lowest BCUT2D eigenvalue weighted by Gasteiger charge is -2.25. The molecule has 1 N–H and O–H groups in total. The van der Waals surface area contributed by atoms with E-state index in [1.165, 1.54) is 23.3 Å². The highest BCUT2D eigenvalue weighted by Gasteiger charge is 2.10. The molecule has 0 spiro atoms. The maximum atomic E-state index is 3.24. The fourth-order valence-corrected chi connectivity index (χ4v) is 2.58. The second kappa shape index (κ2) is 8.57. The second-order valence-electron chi connectivity index (χ2n) is 4.84. The number of nitrogens with one attached hydrogen (secondary N) is 1. The molecule has 1 rings (SSSR count). The van der Waals surface area contributed by atoms with Gasteiger partial charge in [-0.3, -0.25) is 4.90 Å². The van der Waals surface area contributed by atoms with Crippen LogP contribution in [0.5, 0.6) is 0 Å². The summed E-state index contributed by atoms with van der Waals surface area (Å²) in [6.07, 6.45) is 3.43. The van der Waals surface area contributed by atoms with Crippen LogP contribution in [-0.2, 0) is 13.1 Å². The van der Waals surface area contributed by atoms with E-state index in [4.69, 9.17) is 0 Å². The third-order valence-corrected chi connectivity index (χ3v) is 4.04. The minimum absolute atomic E-state index is 0.639. The minimum atomic E-state index is 0.639. The van der Waals surface area contributed by atoms with E-state index in [-0.39, 0.29) is 0 Å². The van der Waals surface area contributed by atoms with Crippen LogP contribution in [0.3, 0.4) is 0 Å². The Bertz CT molecular complexity index is 341. The number of thioether (sulfide) groups is 1. The quantitative estimate of drug-likeness (QED) is 0.779. The van der Waals surface area contributed by atoms with E-state index in [1.54, 1.807) is 0 Å². The van der Waals surface area contributed by atoms with Gasteiger partial charge >= 0.3 is 0 Å². The van der Waals surface area contributed by atoms with Crippen molar-refractivity contribution in [3.05, 3.63) is 35.4 Å². The molecule has 1 aromatic carbocycles. The van der Waals surface area contributed by atoms with Gasteiger partial charge in [0.05, 0.1) is 0 Å². The summed E-state index contributed by atoms with van der Waals surface area (Å²) in [4.78, 5) is 2.45. The van der Waals surface area contributed by atoms with E-state index < -0.39 is 0 Å². The van der Waals surface area contributed by atoms with Crippen LogP contribution < -0.4 is 5.32 Å². The summed E-state index contributed by atoms with van der Waals surface area (Å²) < 4.78 is 0. The van der Waals surface area contributed by atoms with Crippen LogP contribution >= 0.6 is 11.8 Å². The Hall–Kier alpha value is -0.510. The topological polar surface area (TPSA) is 15.3 Å². The van der Waals surface area contributed by atoms with E-state index in [2.05, 4.69) is 54.7 Å². The third kappa shape index (κ3) is 5.01. The molecule has 0 heterocycles. The zero-order valence-electron chi connectivity index (χ0n) is 12.1. The lowest BCUT2D eigenvalue weighted by molar-refractivity contribution is 0.244. The van der Waals surface area contributed by atoms with Crippen LogP contribution in [0.25, 0.3) is 0 Å². The van der Waals surface area contributed by atoms with Gasteiger partial charge in [-0.25, -0.2) is 0 Å². The summed E-state index contributed by atoms with van der Waals surface area (Å²) in [6, 6.07) is 9.35. The fourth-order valence-electron chi connectivity index (χ4n) is 2.01. The van der Waals surface area contributed by atoms with Gasteiger partial charge in [-0.2, -0.15) is 11.8 Å². The van der Waals surface area contributed by atoms with E-state index in [0.717, 1.165) is 13.1 Å².